The number of fused-ring (bicyclic) bond motifs is 1. The smallest absolute Gasteiger partial charge is 0.270 e. The Balaban J connectivity index is 1.76. The zero-order chi connectivity index (χ0) is 20.5. The van der Waals surface area contributed by atoms with Crippen molar-refractivity contribution in [2.45, 2.75) is 25.8 Å². The Morgan fingerprint density at radius 1 is 1.41 bits per heavy atom. The molecule has 0 aliphatic heterocycles. The maximum atomic E-state index is 12.8. The fourth-order valence-electron chi connectivity index (χ4n) is 3.04. The second kappa shape index (κ2) is 10.4. The first kappa shape index (κ1) is 20.6. The normalized spacial score (nSPS) is 13.5. The van der Waals surface area contributed by atoms with Crippen LogP contribution in [0.15, 0.2) is 28.6 Å². The summed E-state index contributed by atoms with van der Waals surface area (Å²) >= 11 is 0. The number of hydrogen-bond acceptors (Lipinski definition) is 7. The molecular formula is C18H23N7O4. The van der Waals surface area contributed by atoms with E-state index in [-0.39, 0.29) is 44.4 Å². The van der Waals surface area contributed by atoms with Gasteiger partial charge in [0.05, 0.1) is 32.1 Å². The molecule has 11 nitrogen and oxygen atoms in total. The van der Waals surface area contributed by atoms with Crippen molar-refractivity contribution >= 4 is 11.6 Å². The summed E-state index contributed by atoms with van der Waals surface area (Å²) in [5.74, 6) is 0.782. The molecular weight excluding hydrogens is 378 g/mol. The van der Waals surface area contributed by atoms with Crippen LogP contribution >= 0.6 is 0 Å². The summed E-state index contributed by atoms with van der Waals surface area (Å²) in [4.78, 5) is 30.0. The Kier molecular flexibility index (Phi) is 7.37. The first-order chi connectivity index (χ1) is 14.2. The number of pyridine rings is 1. The van der Waals surface area contributed by atoms with Gasteiger partial charge >= 0.3 is 0 Å². The van der Waals surface area contributed by atoms with Crippen LogP contribution in [0, 0.1) is 10.8 Å². The molecule has 1 amide bonds. The zero-order valence-electron chi connectivity index (χ0n) is 16.0. The molecule has 2 heterocycles. The fraction of sp³-hybridized carbons (Fsp3) is 0.556. The highest BCUT2D eigenvalue weighted by molar-refractivity contribution is 5.95. The number of imidazole rings is 1. The minimum Gasteiger partial charge on any atom is -0.489 e. The van der Waals surface area contributed by atoms with Gasteiger partial charge < -0.3 is 14.8 Å². The van der Waals surface area contributed by atoms with Crippen LogP contribution in [0.5, 0.6) is 5.75 Å². The molecule has 0 unspecified atom stereocenters. The third-order valence-corrected chi connectivity index (χ3v) is 4.74. The molecule has 1 N–H and O–H groups in total. The highest BCUT2D eigenvalue weighted by Crippen LogP contribution is 2.29. The molecule has 2 aromatic heterocycles. The van der Waals surface area contributed by atoms with E-state index in [2.05, 4.69) is 25.5 Å². The van der Waals surface area contributed by atoms with E-state index < -0.39 is 0 Å². The molecule has 0 saturated heterocycles. The van der Waals surface area contributed by atoms with Gasteiger partial charge in [-0.15, -0.1) is 0 Å². The number of nitrogens with zero attached hydrogens (tertiary/aromatic N) is 6. The molecule has 154 valence electrons. The van der Waals surface area contributed by atoms with Crippen molar-refractivity contribution in [2.75, 3.05) is 32.9 Å². The van der Waals surface area contributed by atoms with Crippen LogP contribution in [0.4, 0.5) is 0 Å². The van der Waals surface area contributed by atoms with E-state index in [9.17, 15) is 9.70 Å². The lowest BCUT2D eigenvalue weighted by atomic mass is 9.86. The molecule has 29 heavy (non-hydrogen) atoms. The summed E-state index contributed by atoms with van der Waals surface area (Å²) in [6, 6.07) is 3.60. The summed E-state index contributed by atoms with van der Waals surface area (Å²) in [7, 11) is 0. The second-order valence-corrected chi connectivity index (χ2v) is 6.69. The molecule has 0 spiro atoms. The molecule has 1 fully saturated rings. The summed E-state index contributed by atoms with van der Waals surface area (Å²) < 4.78 is 12.8. The van der Waals surface area contributed by atoms with Gasteiger partial charge in [-0.25, -0.2) is 4.98 Å². The molecule has 1 aliphatic carbocycles. The third-order valence-electron chi connectivity index (χ3n) is 4.74. The minimum absolute atomic E-state index is 0.0511. The Morgan fingerprint density at radius 3 is 3.00 bits per heavy atom. The number of aromatic nitrogens is 2. The summed E-state index contributed by atoms with van der Waals surface area (Å²) in [5.41, 5.74) is 9.82. The Hall–Kier alpha value is -3.17. The van der Waals surface area contributed by atoms with Crippen LogP contribution in [0.3, 0.4) is 0 Å². The van der Waals surface area contributed by atoms with Crippen LogP contribution in [-0.2, 0) is 11.3 Å². The molecule has 0 atom stereocenters. The number of nitroso groups, excluding NO2 is 1. The van der Waals surface area contributed by atoms with Gasteiger partial charge in [-0.1, -0.05) is 16.7 Å². The highest BCUT2D eigenvalue weighted by atomic mass is 16.5. The number of amides is 1. The second-order valence-electron chi connectivity index (χ2n) is 6.69. The van der Waals surface area contributed by atoms with Crippen LogP contribution in [0.25, 0.3) is 16.1 Å². The van der Waals surface area contributed by atoms with Crippen LogP contribution in [-0.4, -0.2) is 48.2 Å². The Morgan fingerprint density at radius 2 is 2.28 bits per heavy atom. The van der Waals surface area contributed by atoms with Crippen molar-refractivity contribution in [2.24, 2.45) is 16.2 Å². The van der Waals surface area contributed by atoms with E-state index in [0.717, 1.165) is 0 Å². The van der Waals surface area contributed by atoms with Gasteiger partial charge in [0, 0.05) is 17.7 Å². The van der Waals surface area contributed by atoms with Gasteiger partial charge in [0.15, 0.2) is 11.4 Å². The zero-order valence-corrected chi connectivity index (χ0v) is 16.0. The molecule has 0 radical (unpaired) electrons. The van der Waals surface area contributed by atoms with Gasteiger partial charge in [-0.2, -0.15) is 4.91 Å². The third kappa shape index (κ3) is 5.21. The van der Waals surface area contributed by atoms with Crippen molar-refractivity contribution in [1.29, 1.82) is 0 Å². The van der Waals surface area contributed by atoms with Gasteiger partial charge in [0.2, 0.25) is 0 Å². The number of carbonyl (C=O) groups excluding carboxylic acids is 1. The number of azide groups is 1. The molecule has 2 aromatic rings. The van der Waals surface area contributed by atoms with Crippen molar-refractivity contribution in [3.05, 3.63) is 45.1 Å². The van der Waals surface area contributed by atoms with Crippen LogP contribution < -0.4 is 10.1 Å². The molecule has 0 aromatic carbocycles. The van der Waals surface area contributed by atoms with E-state index >= 15 is 0 Å². The fourth-order valence-corrected chi connectivity index (χ4v) is 3.04. The van der Waals surface area contributed by atoms with Gasteiger partial charge in [0.1, 0.15) is 12.2 Å². The summed E-state index contributed by atoms with van der Waals surface area (Å²) in [6.45, 7) is 1.35. The number of rotatable bonds is 12. The first-order valence-corrected chi connectivity index (χ1v) is 9.53. The number of hydrogen-bond donors (Lipinski definition) is 1. The van der Waals surface area contributed by atoms with Crippen molar-refractivity contribution in [3.63, 3.8) is 0 Å². The van der Waals surface area contributed by atoms with Crippen molar-refractivity contribution in [1.82, 2.24) is 14.7 Å². The molecule has 1 aliphatic rings. The average molecular weight is 401 g/mol. The largest absolute Gasteiger partial charge is 0.489 e. The van der Waals surface area contributed by atoms with Crippen molar-refractivity contribution < 1.29 is 14.3 Å². The molecule has 0 bridgehead atoms. The van der Waals surface area contributed by atoms with E-state index in [1.807, 2.05) is 6.07 Å². The molecule has 1 saturated carbocycles. The lowest BCUT2D eigenvalue weighted by molar-refractivity contribution is 0.0913. The van der Waals surface area contributed by atoms with Crippen molar-refractivity contribution in [3.8, 4) is 5.75 Å². The van der Waals surface area contributed by atoms with E-state index in [4.69, 9.17) is 15.0 Å². The summed E-state index contributed by atoms with van der Waals surface area (Å²) in [5, 5.41) is 9.01. The maximum Gasteiger partial charge on any atom is 0.270 e. The number of nitrogens with one attached hydrogen (secondary N) is 1. The number of carbonyl (C=O) groups is 1. The Bertz CT molecular complexity index is 903. The predicted octanol–water partition coefficient (Wildman–Crippen LogP) is 2.84. The topological polar surface area (TPSA) is 143 Å². The number of ether oxygens (including phenoxy) is 2. The van der Waals surface area contributed by atoms with E-state index in [1.54, 1.807) is 16.7 Å². The quantitative estimate of drug-likeness (QED) is 0.191. The summed E-state index contributed by atoms with van der Waals surface area (Å²) in [6.07, 6.45) is 5.29. The minimum atomic E-state index is -0.367. The lowest BCUT2D eigenvalue weighted by Gasteiger charge is -2.25. The van der Waals surface area contributed by atoms with Gasteiger partial charge in [-0.3, -0.25) is 9.20 Å². The van der Waals surface area contributed by atoms with E-state index in [1.165, 1.54) is 19.3 Å². The SMILES string of the molecule is [N-]=[N+]=NCc1nc2c(OCC3CCC3)cccn2c1C(=O)NCCOCCN=O. The average Bonchev–Trinajstić information content (AvgIpc) is 3.07. The highest BCUT2D eigenvalue weighted by Gasteiger charge is 2.22. The van der Waals surface area contributed by atoms with Gasteiger partial charge in [-0.05, 0) is 36.4 Å². The van der Waals surface area contributed by atoms with E-state index in [0.29, 0.717) is 29.6 Å². The van der Waals surface area contributed by atoms with Crippen LogP contribution in [0.2, 0.25) is 0 Å². The standard InChI is InChI=1S/C18H23N7O4/c19-24-21-11-14-16(18(26)20-6-9-28-10-7-22-27)25-8-2-5-15(17(25)23-14)29-12-13-3-1-4-13/h2,5,8,13H,1,3-4,6-7,9-12H2,(H,20,26). The van der Waals surface area contributed by atoms with Crippen LogP contribution in [0.1, 0.15) is 35.4 Å². The van der Waals surface area contributed by atoms with Gasteiger partial charge in [0.25, 0.3) is 5.91 Å². The molecule has 11 heteroatoms. The predicted molar refractivity (Wildman–Crippen MR) is 105 cm³/mol. The monoisotopic (exact) mass is 401 g/mol. The lowest BCUT2D eigenvalue weighted by Crippen LogP contribution is -2.29. The Labute approximate surface area is 167 Å². The maximum absolute atomic E-state index is 12.8. The molecule has 3 rings (SSSR count). The first-order valence-electron chi connectivity index (χ1n) is 9.53.